The average Bonchev–Trinajstić information content (AvgIpc) is 3.01. The summed E-state index contributed by atoms with van der Waals surface area (Å²) in [6.07, 6.45) is 5.55. The SMILES string of the molecule is Cc1sc(C)c(C(=O)NC2CC3(C2)CC(C(=O)O)C3)c1Cc1ccc(-c2cc[nH]c(=O)c2)cc1. The van der Waals surface area contributed by atoms with Crippen LogP contribution in [0.5, 0.6) is 0 Å². The van der Waals surface area contributed by atoms with Crippen LogP contribution in [0.3, 0.4) is 0 Å². The fraction of sp³-hybridized carbons (Fsp3) is 0.370. The topological polar surface area (TPSA) is 99.3 Å². The highest BCUT2D eigenvalue weighted by Gasteiger charge is 2.55. The monoisotopic (exact) mass is 476 g/mol. The van der Waals surface area contributed by atoms with Crippen LogP contribution in [0, 0.1) is 25.2 Å². The zero-order valence-corrected chi connectivity index (χ0v) is 20.1. The molecule has 0 radical (unpaired) electrons. The number of carboxylic acids is 1. The molecular formula is C27H28N2O4S. The van der Waals surface area contributed by atoms with E-state index in [9.17, 15) is 14.4 Å². The van der Waals surface area contributed by atoms with Crippen molar-refractivity contribution in [3.8, 4) is 11.1 Å². The number of hydrogen-bond acceptors (Lipinski definition) is 4. The molecule has 2 fully saturated rings. The van der Waals surface area contributed by atoms with Crippen molar-refractivity contribution in [2.75, 3.05) is 0 Å². The molecule has 2 saturated carbocycles. The summed E-state index contributed by atoms with van der Waals surface area (Å²) < 4.78 is 0. The third kappa shape index (κ3) is 4.20. The Morgan fingerprint density at radius 1 is 1.06 bits per heavy atom. The van der Waals surface area contributed by atoms with E-state index in [2.05, 4.69) is 29.4 Å². The first-order valence-corrected chi connectivity index (χ1v) is 12.5. The van der Waals surface area contributed by atoms with Crippen LogP contribution >= 0.6 is 11.3 Å². The van der Waals surface area contributed by atoms with Gasteiger partial charge in [0.15, 0.2) is 0 Å². The molecular weight excluding hydrogens is 448 g/mol. The molecule has 0 aliphatic heterocycles. The van der Waals surface area contributed by atoms with Gasteiger partial charge in [-0.25, -0.2) is 0 Å². The summed E-state index contributed by atoms with van der Waals surface area (Å²) in [4.78, 5) is 40.7. The lowest BCUT2D eigenvalue weighted by molar-refractivity contribution is -0.155. The van der Waals surface area contributed by atoms with Gasteiger partial charge < -0.3 is 15.4 Å². The van der Waals surface area contributed by atoms with Crippen molar-refractivity contribution in [3.05, 3.63) is 79.4 Å². The Bertz CT molecular complexity index is 1310. The molecule has 7 heteroatoms. The number of aryl methyl sites for hydroxylation is 2. The van der Waals surface area contributed by atoms with Crippen molar-refractivity contribution in [3.63, 3.8) is 0 Å². The highest BCUT2D eigenvalue weighted by Crippen LogP contribution is 2.58. The minimum Gasteiger partial charge on any atom is -0.481 e. The van der Waals surface area contributed by atoms with E-state index in [4.69, 9.17) is 5.11 Å². The summed E-state index contributed by atoms with van der Waals surface area (Å²) >= 11 is 1.65. The second kappa shape index (κ2) is 8.55. The van der Waals surface area contributed by atoms with Gasteiger partial charge in [-0.1, -0.05) is 24.3 Å². The normalized spacial score (nSPS) is 23.2. The number of rotatable bonds is 6. The first-order chi connectivity index (χ1) is 16.2. The fourth-order valence-corrected chi connectivity index (χ4v) is 6.80. The van der Waals surface area contributed by atoms with Gasteiger partial charge >= 0.3 is 5.97 Å². The maximum Gasteiger partial charge on any atom is 0.306 e. The molecule has 0 atom stereocenters. The number of carboxylic acid groups (broad SMARTS) is 1. The van der Waals surface area contributed by atoms with Crippen LogP contribution in [0.25, 0.3) is 11.1 Å². The number of aromatic nitrogens is 1. The van der Waals surface area contributed by atoms with E-state index in [1.165, 1.54) is 0 Å². The van der Waals surface area contributed by atoms with Crippen molar-refractivity contribution in [2.45, 2.75) is 52.0 Å². The Balaban J connectivity index is 1.27. The maximum atomic E-state index is 13.2. The molecule has 1 spiro atoms. The number of pyridine rings is 1. The Morgan fingerprint density at radius 3 is 2.41 bits per heavy atom. The molecule has 2 aromatic heterocycles. The highest BCUT2D eigenvalue weighted by atomic mass is 32.1. The summed E-state index contributed by atoms with van der Waals surface area (Å²) in [5, 5.41) is 12.3. The molecule has 3 N–H and O–H groups in total. The van der Waals surface area contributed by atoms with Crippen LogP contribution in [-0.2, 0) is 11.2 Å². The molecule has 1 amide bonds. The summed E-state index contributed by atoms with van der Waals surface area (Å²) in [5.41, 5.74) is 4.81. The number of carbonyl (C=O) groups excluding carboxylic acids is 1. The van der Waals surface area contributed by atoms with Gasteiger partial charge in [-0.3, -0.25) is 14.4 Å². The number of thiophene rings is 1. The van der Waals surface area contributed by atoms with Crippen molar-refractivity contribution >= 4 is 23.2 Å². The van der Waals surface area contributed by atoms with Crippen LogP contribution in [0.4, 0.5) is 0 Å². The van der Waals surface area contributed by atoms with E-state index in [0.29, 0.717) is 6.42 Å². The molecule has 0 unspecified atom stereocenters. The Kier molecular flexibility index (Phi) is 5.68. The van der Waals surface area contributed by atoms with E-state index in [1.54, 1.807) is 23.6 Å². The minimum atomic E-state index is -0.697. The third-order valence-electron chi connectivity index (χ3n) is 7.46. The number of amides is 1. The zero-order chi connectivity index (χ0) is 24.0. The third-order valence-corrected chi connectivity index (χ3v) is 8.52. The largest absolute Gasteiger partial charge is 0.481 e. The van der Waals surface area contributed by atoms with E-state index in [-0.39, 0.29) is 28.8 Å². The van der Waals surface area contributed by atoms with Gasteiger partial charge in [0.25, 0.3) is 5.91 Å². The molecule has 6 nitrogen and oxygen atoms in total. The lowest BCUT2D eigenvalue weighted by Crippen LogP contribution is -2.57. The summed E-state index contributed by atoms with van der Waals surface area (Å²) in [6, 6.07) is 11.7. The Hall–Kier alpha value is -3.19. The molecule has 176 valence electrons. The second-order valence-electron chi connectivity index (χ2n) is 9.91. The molecule has 2 aliphatic rings. The van der Waals surface area contributed by atoms with Gasteiger partial charge in [0.1, 0.15) is 0 Å². The molecule has 2 heterocycles. The van der Waals surface area contributed by atoms with Crippen LogP contribution in [0.2, 0.25) is 0 Å². The number of H-pyrrole nitrogens is 1. The number of aromatic amines is 1. The zero-order valence-electron chi connectivity index (χ0n) is 19.3. The van der Waals surface area contributed by atoms with Crippen molar-refractivity contribution in [2.24, 2.45) is 11.3 Å². The molecule has 3 aromatic rings. The molecule has 5 rings (SSSR count). The van der Waals surface area contributed by atoms with E-state index in [0.717, 1.165) is 63.3 Å². The molecule has 0 saturated heterocycles. The molecule has 0 bridgehead atoms. The Morgan fingerprint density at radius 2 is 1.76 bits per heavy atom. The smallest absolute Gasteiger partial charge is 0.306 e. The van der Waals surface area contributed by atoms with E-state index < -0.39 is 5.97 Å². The fourth-order valence-electron chi connectivity index (χ4n) is 5.72. The van der Waals surface area contributed by atoms with Crippen LogP contribution in [0.1, 0.15) is 56.9 Å². The number of aliphatic carboxylic acids is 1. The van der Waals surface area contributed by atoms with Crippen LogP contribution in [-0.4, -0.2) is 28.0 Å². The van der Waals surface area contributed by atoms with Gasteiger partial charge in [0.2, 0.25) is 5.56 Å². The number of benzene rings is 1. The van der Waals surface area contributed by atoms with E-state index >= 15 is 0 Å². The van der Waals surface area contributed by atoms with Gasteiger partial charge in [0, 0.05) is 28.1 Å². The average molecular weight is 477 g/mol. The van der Waals surface area contributed by atoms with Crippen molar-refractivity contribution in [1.82, 2.24) is 10.3 Å². The quantitative estimate of drug-likeness (QED) is 0.481. The first kappa shape index (κ1) is 22.6. The predicted octanol–water partition coefficient (Wildman–Crippen LogP) is 4.68. The van der Waals surface area contributed by atoms with Gasteiger partial charge in [0.05, 0.1) is 11.5 Å². The second-order valence-corrected chi connectivity index (χ2v) is 11.3. The first-order valence-electron chi connectivity index (χ1n) is 11.6. The summed E-state index contributed by atoms with van der Waals surface area (Å²) in [7, 11) is 0. The van der Waals surface area contributed by atoms with Crippen LogP contribution < -0.4 is 10.9 Å². The van der Waals surface area contributed by atoms with Crippen LogP contribution in [0.15, 0.2) is 47.4 Å². The predicted molar refractivity (Wildman–Crippen MR) is 132 cm³/mol. The summed E-state index contributed by atoms with van der Waals surface area (Å²) in [5.74, 6) is -0.928. The van der Waals surface area contributed by atoms with Gasteiger partial charge in [-0.05, 0) is 79.7 Å². The molecule has 1 aromatic carbocycles. The number of nitrogens with one attached hydrogen (secondary N) is 2. The number of hydrogen-bond donors (Lipinski definition) is 3. The number of carbonyl (C=O) groups is 2. The van der Waals surface area contributed by atoms with E-state index in [1.807, 2.05) is 25.1 Å². The molecule has 34 heavy (non-hydrogen) atoms. The standard InChI is InChI=1S/C27H28N2O4S/c1-15-22(9-17-3-5-18(6-4-17)19-7-8-28-23(30)10-19)24(16(2)34-15)25(31)29-21-13-27(14-21)11-20(12-27)26(32)33/h3-8,10,20-21H,9,11-14H2,1-2H3,(H,28,30)(H,29,31)(H,32,33). The lowest BCUT2D eigenvalue weighted by Gasteiger charge is -2.56. The van der Waals surface area contributed by atoms with Crippen molar-refractivity contribution in [1.29, 1.82) is 0 Å². The van der Waals surface area contributed by atoms with Gasteiger partial charge in [-0.15, -0.1) is 11.3 Å². The Labute approximate surface area is 202 Å². The summed E-state index contributed by atoms with van der Waals surface area (Å²) in [6.45, 7) is 4.06. The molecule has 2 aliphatic carbocycles. The highest BCUT2D eigenvalue weighted by molar-refractivity contribution is 7.12. The van der Waals surface area contributed by atoms with Gasteiger partial charge in [-0.2, -0.15) is 0 Å². The lowest BCUT2D eigenvalue weighted by atomic mass is 9.50. The maximum absolute atomic E-state index is 13.2. The minimum absolute atomic E-state index is 0.0223. The van der Waals surface area contributed by atoms with Crippen molar-refractivity contribution < 1.29 is 14.7 Å².